The Labute approximate surface area is 178 Å². The number of carbonyl (C=O) groups is 2. The summed E-state index contributed by atoms with van der Waals surface area (Å²) in [7, 11) is 0. The Morgan fingerprint density at radius 2 is 1.55 bits per heavy atom. The Balaban J connectivity index is 5.60. The van der Waals surface area contributed by atoms with Crippen LogP contribution in [0.5, 0.6) is 0 Å². The van der Waals surface area contributed by atoms with Crippen molar-refractivity contribution in [3.8, 4) is 6.07 Å². The molecule has 0 spiro atoms. The van der Waals surface area contributed by atoms with E-state index in [1.165, 1.54) is 12.8 Å². The number of ether oxygens (including phenoxy) is 2. The SMILES string of the molecule is CCCCCC(C)CCC(C(=O)OCC)C(C#N)(CCCC(C)C)C(=O)OCC. The van der Waals surface area contributed by atoms with Gasteiger partial charge in [0.2, 0.25) is 0 Å². The third-order valence-electron chi connectivity index (χ3n) is 5.61. The van der Waals surface area contributed by atoms with Crippen molar-refractivity contribution in [2.45, 2.75) is 99.3 Å². The minimum Gasteiger partial charge on any atom is -0.466 e. The lowest BCUT2D eigenvalue weighted by Gasteiger charge is -2.32. The van der Waals surface area contributed by atoms with E-state index in [1.54, 1.807) is 13.8 Å². The van der Waals surface area contributed by atoms with Crippen LogP contribution in [-0.2, 0) is 19.1 Å². The first-order valence-electron chi connectivity index (χ1n) is 11.5. The van der Waals surface area contributed by atoms with Crippen LogP contribution in [0.4, 0.5) is 0 Å². The van der Waals surface area contributed by atoms with E-state index in [1.807, 2.05) is 0 Å². The molecule has 5 heteroatoms. The molecule has 0 bridgehead atoms. The van der Waals surface area contributed by atoms with Gasteiger partial charge in [-0.15, -0.1) is 0 Å². The molecule has 0 radical (unpaired) electrons. The van der Waals surface area contributed by atoms with Gasteiger partial charge in [-0.3, -0.25) is 9.59 Å². The molecule has 0 aliphatic carbocycles. The predicted molar refractivity (Wildman–Crippen MR) is 116 cm³/mol. The smallest absolute Gasteiger partial charge is 0.327 e. The van der Waals surface area contributed by atoms with Crippen molar-refractivity contribution in [2.75, 3.05) is 13.2 Å². The molecule has 29 heavy (non-hydrogen) atoms. The van der Waals surface area contributed by atoms with Crippen molar-refractivity contribution >= 4 is 11.9 Å². The average Bonchev–Trinajstić information content (AvgIpc) is 2.67. The van der Waals surface area contributed by atoms with Gasteiger partial charge >= 0.3 is 11.9 Å². The summed E-state index contributed by atoms with van der Waals surface area (Å²) in [5, 5.41) is 10.1. The van der Waals surface area contributed by atoms with Crippen LogP contribution in [0.3, 0.4) is 0 Å². The molecule has 0 aliphatic heterocycles. The fourth-order valence-corrected chi connectivity index (χ4v) is 3.79. The van der Waals surface area contributed by atoms with E-state index >= 15 is 0 Å². The first-order chi connectivity index (χ1) is 13.8. The van der Waals surface area contributed by atoms with Gasteiger partial charge in [-0.2, -0.15) is 5.26 Å². The topological polar surface area (TPSA) is 76.4 Å². The molecule has 168 valence electrons. The molecule has 0 aromatic carbocycles. The van der Waals surface area contributed by atoms with Gasteiger partial charge < -0.3 is 9.47 Å². The Bertz CT molecular complexity index is 512. The molecule has 0 amide bonds. The van der Waals surface area contributed by atoms with Crippen LogP contribution in [0.25, 0.3) is 0 Å². The third kappa shape index (κ3) is 9.65. The minimum absolute atomic E-state index is 0.190. The summed E-state index contributed by atoms with van der Waals surface area (Å²) < 4.78 is 10.6. The molecule has 0 aliphatic rings. The summed E-state index contributed by atoms with van der Waals surface area (Å²) in [6.45, 7) is 12.5. The van der Waals surface area contributed by atoms with Crippen molar-refractivity contribution < 1.29 is 19.1 Å². The third-order valence-corrected chi connectivity index (χ3v) is 5.61. The molecule has 0 fully saturated rings. The molecule has 3 atom stereocenters. The van der Waals surface area contributed by atoms with E-state index in [9.17, 15) is 14.9 Å². The minimum atomic E-state index is -1.47. The summed E-state index contributed by atoms with van der Waals surface area (Å²) >= 11 is 0. The average molecular weight is 410 g/mol. The number of unbranched alkanes of at least 4 members (excludes halogenated alkanes) is 2. The van der Waals surface area contributed by atoms with Gasteiger partial charge in [0, 0.05) is 0 Å². The number of nitrogens with zero attached hydrogens (tertiary/aromatic N) is 1. The van der Waals surface area contributed by atoms with E-state index in [2.05, 4.69) is 33.8 Å². The first-order valence-corrected chi connectivity index (χ1v) is 11.5. The maximum Gasteiger partial charge on any atom is 0.327 e. The molecule has 0 rings (SSSR count). The van der Waals surface area contributed by atoms with Crippen LogP contribution in [-0.4, -0.2) is 25.2 Å². The molecule has 0 aromatic heterocycles. The lowest BCUT2D eigenvalue weighted by Crippen LogP contribution is -2.44. The summed E-state index contributed by atoms with van der Waals surface area (Å²) in [5.41, 5.74) is -1.47. The quantitative estimate of drug-likeness (QED) is 0.229. The van der Waals surface area contributed by atoms with Gasteiger partial charge in [0.25, 0.3) is 0 Å². The van der Waals surface area contributed by atoms with E-state index in [0.29, 0.717) is 31.1 Å². The molecular formula is C24H43NO4. The fraction of sp³-hybridized carbons (Fsp3) is 0.875. The summed E-state index contributed by atoms with van der Waals surface area (Å²) in [4.78, 5) is 25.8. The second kappa shape index (κ2) is 15.3. The van der Waals surface area contributed by atoms with Crippen molar-refractivity contribution in [3.05, 3.63) is 0 Å². The number of nitriles is 1. The van der Waals surface area contributed by atoms with Crippen molar-refractivity contribution in [1.82, 2.24) is 0 Å². The molecule has 0 aromatic rings. The highest BCUT2D eigenvalue weighted by molar-refractivity contribution is 5.88. The van der Waals surface area contributed by atoms with Crippen molar-refractivity contribution in [1.29, 1.82) is 5.26 Å². The molecule has 0 heterocycles. The maximum atomic E-state index is 12.9. The van der Waals surface area contributed by atoms with Gasteiger partial charge in [0.15, 0.2) is 5.41 Å². The second-order valence-corrected chi connectivity index (χ2v) is 8.57. The number of carbonyl (C=O) groups excluding carboxylic acids is 2. The zero-order chi connectivity index (χ0) is 22.3. The van der Waals surface area contributed by atoms with E-state index in [4.69, 9.17) is 9.47 Å². The van der Waals surface area contributed by atoms with Crippen LogP contribution in [0.2, 0.25) is 0 Å². The van der Waals surface area contributed by atoms with E-state index in [0.717, 1.165) is 25.7 Å². The van der Waals surface area contributed by atoms with E-state index < -0.39 is 23.3 Å². The summed E-state index contributed by atoms with van der Waals surface area (Å²) in [6.07, 6.45) is 7.82. The highest BCUT2D eigenvalue weighted by Gasteiger charge is 2.51. The summed E-state index contributed by atoms with van der Waals surface area (Å²) in [6, 6.07) is 2.21. The zero-order valence-electron chi connectivity index (χ0n) is 19.6. The van der Waals surface area contributed by atoms with Crippen LogP contribution < -0.4 is 0 Å². The highest BCUT2D eigenvalue weighted by atomic mass is 16.5. The van der Waals surface area contributed by atoms with Crippen molar-refractivity contribution in [3.63, 3.8) is 0 Å². The van der Waals surface area contributed by atoms with Crippen LogP contribution >= 0.6 is 0 Å². The molecule has 0 saturated carbocycles. The number of rotatable bonds is 16. The predicted octanol–water partition coefficient (Wildman–Crippen LogP) is 6.06. The van der Waals surface area contributed by atoms with Gasteiger partial charge in [-0.1, -0.05) is 66.2 Å². The fourth-order valence-electron chi connectivity index (χ4n) is 3.79. The summed E-state index contributed by atoms with van der Waals surface area (Å²) in [5.74, 6) is -0.913. The Morgan fingerprint density at radius 1 is 0.897 bits per heavy atom. The van der Waals surface area contributed by atoms with E-state index in [-0.39, 0.29) is 13.2 Å². The van der Waals surface area contributed by atoms with Gasteiger partial charge in [0.05, 0.1) is 25.2 Å². The standard InChI is InChI=1S/C24H43NO4/c1-7-10-11-14-20(6)15-16-21(22(26)28-8-2)24(18-25,23(27)29-9-3)17-12-13-19(4)5/h19-21H,7-17H2,1-6H3. The number of esters is 2. The zero-order valence-corrected chi connectivity index (χ0v) is 19.6. The normalized spacial score (nSPS) is 15.2. The molecule has 3 unspecified atom stereocenters. The van der Waals surface area contributed by atoms with Gasteiger partial charge in [0.1, 0.15) is 0 Å². The highest BCUT2D eigenvalue weighted by Crippen LogP contribution is 2.40. The molecule has 0 saturated heterocycles. The Morgan fingerprint density at radius 3 is 2.07 bits per heavy atom. The number of hydrogen-bond acceptors (Lipinski definition) is 5. The second-order valence-electron chi connectivity index (χ2n) is 8.57. The number of hydrogen-bond donors (Lipinski definition) is 0. The maximum absolute atomic E-state index is 12.9. The lowest BCUT2D eigenvalue weighted by molar-refractivity contribution is -0.166. The largest absolute Gasteiger partial charge is 0.466 e. The Hall–Kier alpha value is -1.57. The van der Waals surface area contributed by atoms with Crippen LogP contribution in [0, 0.1) is 34.5 Å². The van der Waals surface area contributed by atoms with Crippen LogP contribution in [0.15, 0.2) is 0 Å². The Kier molecular flexibility index (Phi) is 14.5. The van der Waals surface area contributed by atoms with Crippen molar-refractivity contribution in [2.24, 2.45) is 23.2 Å². The van der Waals surface area contributed by atoms with Gasteiger partial charge in [-0.25, -0.2) is 0 Å². The first kappa shape index (κ1) is 27.4. The molecule has 0 N–H and O–H groups in total. The van der Waals surface area contributed by atoms with Gasteiger partial charge in [-0.05, 0) is 44.9 Å². The monoisotopic (exact) mass is 409 g/mol. The lowest BCUT2D eigenvalue weighted by atomic mass is 9.69. The van der Waals surface area contributed by atoms with Crippen LogP contribution in [0.1, 0.15) is 99.3 Å². The molecular weight excluding hydrogens is 366 g/mol. The molecule has 5 nitrogen and oxygen atoms in total.